The van der Waals surface area contributed by atoms with Crippen LogP contribution in [0.1, 0.15) is 11.7 Å². The van der Waals surface area contributed by atoms with Gasteiger partial charge in [0.15, 0.2) is 5.41 Å². The molecule has 114 valence electrons. The van der Waals surface area contributed by atoms with Gasteiger partial charge in [-0.25, -0.2) is 0 Å². The van der Waals surface area contributed by atoms with Crippen LogP contribution in [0.15, 0.2) is 45.7 Å². The SMILES string of the molecule is CN1CC=C2C(N)=C(C#N)C(C#N)(C#N)C(c3ccco3)C2C1. The first-order chi connectivity index (χ1) is 11.1. The minimum absolute atomic E-state index is 0.0240. The van der Waals surface area contributed by atoms with Gasteiger partial charge >= 0.3 is 0 Å². The van der Waals surface area contributed by atoms with Crippen molar-refractivity contribution in [3.63, 3.8) is 0 Å². The van der Waals surface area contributed by atoms with Crippen LogP contribution in [0.25, 0.3) is 0 Å². The van der Waals surface area contributed by atoms with E-state index >= 15 is 0 Å². The van der Waals surface area contributed by atoms with E-state index in [1.165, 1.54) is 6.26 Å². The fourth-order valence-electron chi connectivity index (χ4n) is 3.63. The Kier molecular flexibility index (Phi) is 3.45. The smallest absolute Gasteiger partial charge is 0.190 e. The summed E-state index contributed by atoms with van der Waals surface area (Å²) in [5.41, 5.74) is 5.65. The fraction of sp³-hybridized carbons (Fsp3) is 0.353. The van der Waals surface area contributed by atoms with E-state index in [0.717, 1.165) is 5.57 Å². The van der Waals surface area contributed by atoms with E-state index in [0.29, 0.717) is 18.8 Å². The van der Waals surface area contributed by atoms with Crippen LogP contribution >= 0.6 is 0 Å². The Morgan fingerprint density at radius 2 is 2.09 bits per heavy atom. The largest absolute Gasteiger partial charge is 0.469 e. The summed E-state index contributed by atoms with van der Waals surface area (Å²) in [6, 6.07) is 9.58. The van der Waals surface area contributed by atoms with Crippen molar-refractivity contribution in [3.05, 3.63) is 47.1 Å². The minimum Gasteiger partial charge on any atom is -0.469 e. The van der Waals surface area contributed by atoms with E-state index in [1.807, 2.05) is 19.2 Å². The van der Waals surface area contributed by atoms with Crippen molar-refractivity contribution in [1.82, 2.24) is 4.90 Å². The number of allylic oxidation sites excluding steroid dienone is 2. The third-order valence-electron chi connectivity index (χ3n) is 4.69. The number of nitriles is 3. The second kappa shape index (κ2) is 5.32. The minimum atomic E-state index is -1.64. The lowest BCUT2D eigenvalue weighted by atomic mass is 9.58. The normalized spacial score (nSPS) is 26.4. The molecular weight excluding hydrogens is 290 g/mol. The molecule has 6 heteroatoms. The molecule has 6 nitrogen and oxygen atoms in total. The molecule has 23 heavy (non-hydrogen) atoms. The number of fused-ring (bicyclic) bond motifs is 1. The molecule has 0 saturated heterocycles. The molecule has 0 radical (unpaired) electrons. The summed E-state index contributed by atoms with van der Waals surface area (Å²) in [7, 11) is 1.96. The Labute approximate surface area is 134 Å². The Morgan fingerprint density at radius 1 is 1.35 bits per heavy atom. The summed E-state index contributed by atoms with van der Waals surface area (Å²) in [6.07, 6.45) is 3.48. The maximum absolute atomic E-state index is 9.80. The van der Waals surface area contributed by atoms with Crippen LogP contribution in [0.5, 0.6) is 0 Å². The lowest BCUT2D eigenvalue weighted by Gasteiger charge is -2.43. The van der Waals surface area contributed by atoms with Crippen LogP contribution in [-0.2, 0) is 0 Å². The van der Waals surface area contributed by atoms with Crippen molar-refractivity contribution in [1.29, 1.82) is 15.8 Å². The molecule has 0 fully saturated rings. The zero-order valence-electron chi connectivity index (χ0n) is 12.7. The van der Waals surface area contributed by atoms with Crippen molar-refractivity contribution in [2.75, 3.05) is 20.1 Å². The summed E-state index contributed by atoms with van der Waals surface area (Å²) < 4.78 is 5.52. The van der Waals surface area contributed by atoms with Crippen LogP contribution in [0.2, 0.25) is 0 Å². The Balaban J connectivity index is 2.33. The Morgan fingerprint density at radius 3 is 2.65 bits per heavy atom. The van der Waals surface area contributed by atoms with Gasteiger partial charge in [-0.1, -0.05) is 6.08 Å². The van der Waals surface area contributed by atoms with Crippen molar-refractivity contribution in [2.24, 2.45) is 17.1 Å². The quantitative estimate of drug-likeness (QED) is 0.843. The molecule has 0 aromatic carbocycles. The van der Waals surface area contributed by atoms with Crippen LogP contribution < -0.4 is 5.73 Å². The number of rotatable bonds is 1. The fourth-order valence-corrected chi connectivity index (χ4v) is 3.63. The van der Waals surface area contributed by atoms with Crippen LogP contribution in [0, 0.1) is 45.3 Å². The average Bonchev–Trinajstić information content (AvgIpc) is 3.08. The second-order valence-corrected chi connectivity index (χ2v) is 5.91. The molecule has 3 rings (SSSR count). The molecule has 0 bridgehead atoms. The van der Waals surface area contributed by atoms with E-state index in [1.54, 1.807) is 12.1 Å². The molecule has 2 unspecified atom stereocenters. The van der Waals surface area contributed by atoms with Gasteiger partial charge in [-0.05, 0) is 24.8 Å². The number of nitrogens with two attached hydrogens (primary N) is 1. The second-order valence-electron chi connectivity index (χ2n) is 5.91. The first-order valence-corrected chi connectivity index (χ1v) is 7.24. The Bertz CT molecular complexity index is 799. The lowest BCUT2D eigenvalue weighted by Crippen LogP contribution is -2.46. The van der Waals surface area contributed by atoms with Crippen molar-refractivity contribution in [2.45, 2.75) is 5.92 Å². The zero-order valence-corrected chi connectivity index (χ0v) is 12.7. The third kappa shape index (κ3) is 1.95. The van der Waals surface area contributed by atoms with Crippen molar-refractivity contribution < 1.29 is 4.42 Å². The molecule has 0 spiro atoms. The summed E-state index contributed by atoms with van der Waals surface area (Å²) in [4.78, 5) is 2.09. The molecule has 2 aliphatic rings. The highest BCUT2D eigenvalue weighted by atomic mass is 16.3. The summed E-state index contributed by atoms with van der Waals surface area (Å²) >= 11 is 0. The van der Waals surface area contributed by atoms with Gasteiger partial charge in [-0.3, -0.25) is 0 Å². The van der Waals surface area contributed by atoms with Crippen molar-refractivity contribution >= 4 is 0 Å². The van der Waals surface area contributed by atoms with Gasteiger partial charge in [0.25, 0.3) is 0 Å². The lowest BCUT2D eigenvalue weighted by molar-refractivity contribution is 0.220. The molecule has 1 aliphatic carbocycles. The standard InChI is InChI=1S/C17H15N5O/c1-22-5-4-11-12(8-22)15(14-3-2-6-23-14)17(9-19,10-20)13(7-18)16(11)21/h2-4,6,12,15H,5,8,21H2,1H3. The summed E-state index contributed by atoms with van der Waals surface area (Å²) in [6.45, 7) is 1.35. The monoisotopic (exact) mass is 305 g/mol. The number of nitrogens with zero attached hydrogens (tertiary/aromatic N) is 4. The van der Waals surface area contributed by atoms with Gasteiger partial charge in [0.1, 0.15) is 5.76 Å². The van der Waals surface area contributed by atoms with Crippen LogP contribution in [-0.4, -0.2) is 25.0 Å². The molecule has 0 amide bonds. The molecule has 1 aromatic heterocycles. The third-order valence-corrected chi connectivity index (χ3v) is 4.69. The van der Waals surface area contributed by atoms with Crippen LogP contribution in [0.3, 0.4) is 0 Å². The molecule has 1 aromatic rings. The van der Waals surface area contributed by atoms with E-state index in [4.69, 9.17) is 10.2 Å². The van der Waals surface area contributed by atoms with Gasteiger partial charge in [0.2, 0.25) is 0 Å². The molecule has 2 atom stereocenters. The number of furan rings is 1. The van der Waals surface area contributed by atoms with E-state index in [2.05, 4.69) is 17.0 Å². The van der Waals surface area contributed by atoms with Crippen molar-refractivity contribution in [3.8, 4) is 18.2 Å². The Hall–Kier alpha value is -3.01. The maximum atomic E-state index is 9.80. The highest BCUT2D eigenvalue weighted by molar-refractivity contribution is 5.58. The van der Waals surface area contributed by atoms with Gasteiger partial charge < -0.3 is 15.1 Å². The van der Waals surface area contributed by atoms with E-state index < -0.39 is 11.3 Å². The van der Waals surface area contributed by atoms with E-state index in [-0.39, 0.29) is 17.2 Å². The number of hydrogen-bond donors (Lipinski definition) is 1. The van der Waals surface area contributed by atoms with Gasteiger partial charge in [-0.2, -0.15) is 15.8 Å². The van der Waals surface area contributed by atoms with Crippen LogP contribution in [0.4, 0.5) is 0 Å². The summed E-state index contributed by atoms with van der Waals surface area (Å²) in [5, 5.41) is 29.2. The summed E-state index contributed by atoms with van der Waals surface area (Å²) in [5.74, 6) is -0.209. The first kappa shape index (κ1) is 14.9. The first-order valence-electron chi connectivity index (χ1n) is 7.24. The molecule has 0 saturated carbocycles. The molecule has 1 aliphatic heterocycles. The van der Waals surface area contributed by atoms with Gasteiger partial charge in [0.05, 0.1) is 41.7 Å². The highest BCUT2D eigenvalue weighted by Gasteiger charge is 2.55. The van der Waals surface area contributed by atoms with Gasteiger partial charge in [0, 0.05) is 19.0 Å². The topological polar surface area (TPSA) is 114 Å². The predicted octanol–water partition coefficient (Wildman–Crippen LogP) is 1.63. The molecular formula is C17H15N5O. The zero-order chi connectivity index (χ0) is 16.6. The molecule has 2 N–H and O–H groups in total. The maximum Gasteiger partial charge on any atom is 0.190 e. The van der Waals surface area contributed by atoms with E-state index in [9.17, 15) is 15.8 Å². The molecule has 2 heterocycles. The highest BCUT2D eigenvalue weighted by Crippen LogP contribution is 2.54. The predicted molar refractivity (Wildman–Crippen MR) is 81.0 cm³/mol. The average molecular weight is 305 g/mol. The van der Waals surface area contributed by atoms with Gasteiger partial charge in [-0.15, -0.1) is 0 Å². The number of likely N-dealkylation sites (N-methyl/N-ethyl adjacent to an activating group) is 1. The number of hydrogen-bond acceptors (Lipinski definition) is 6.